The summed E-state index contributed by atoms with van der Waals surface area (Å²) in [4.78, 5) is 50.5. The number of carbonyl (C=O) groups excluding carboxylic acids is 4. The molecule has 2 fully saturated rings. The average Bonchev–Trinajstić information content (AvgIpc) is 2.97. The Balaban J connectivity index is 1.41. The summed E-state index contributed by atoms with van der Waals surface area (Å²) in [7, 11) is 0. The summed E-state index contributed by atoms with van der Waals surface area (Å²) in [5.41, 5.74) is -1.55. The smallest absolute Gasteiger partial charge is 0.324 e. The lowest BCUT2D eigenvalue weighted by Crippen LogP contribution is -2.40. The summed E-state index contributed by atoms with van der Waals surface area (Å²) in [5.74, 6) is -0.267. The largest absolute Gasteiger partial charge is 0.325 e. The molecule has 2 aliphatic heterocycles. The minimum atomic E-state index is -0.774. The first-order chi connectivity index (χ1) is 14.1. The number of rotatable bonds is 13. The molecular weight excluding hydrogens is 384 g/mol. The summed E-state index contributed by atoms with van der Waals surface area (Å²) in [6.45, 7) is 7.94. The third-order valence-electron chi connectivity index (χ3n) is 5.90. The molecule has 8 nitrogen and oxygen atoms in total. The highest BCUT2D eigenvalue weighted by molar-refractivity contribution is 6.07. The van der Waals surface area contributed by atoms with Crippen LogP contribution in [0.5, 0.6) is 0 Å². The first-order valence-corrected chi connectivity index (χ1v) is 11.3. The molecule has 0 bridgehead atoms. The Hall–Kier alpha value is -2.12. The van der Waals surface area contributed by atoms with Crippen LogP contribution >= 0.6 is 0 Å². The number of nitrogens with one attached hydrogen (secondary N) is 2. The lowest BCUT2D eigenvalue weighted by Gasteiger charge is -2.15. The standard InChI is InChI=1S/C22H38N4O4/c1-21(2)17(27)25(19(29)23-21)15-13-11-9-7-5-6-8-10-12-14-16-26-18(28)22(3,4)24-20(26)30/h5-16H2,1-4H3,(H,23,29)(H,24,30). The van der Waals surface area contributed by atoms with Crippen LogP contribution in [0.4, 0.5) is 9.59 Å². The molecule has 0 radical (unpaired) electrons. The van der Waals surface area contributed by atoms with Crippen LogP contribution in [0.25, 0.3) is 0 Å². The lowest BCUT2D eigenvalue weighted by atomic mass is 10.1. The molecule has 6 amide bonds. The van der Waals surface area contributed by atoms with E-state index in [2.05, 4.69) is 10.6 Å². The molecule has 0 spiro atoms. The monoisotopic (exact) mass is 422 g/mol. The fourth-order valence-corrected chi connectivity index (χ4v) is 4.00. The predicted molar refractivity (Wildman–Crippen MR) is 115 cm³/mol. The highest BCUT2D eigenvalue weighted by Gasteiger charge is 2.44. The van der Waals surface area contributed by atoms with Crippen molar-refractivity contribution >= 4 is 23.9 Å². The van der Waals surface area contributed by atoms with E-state index >= 15 is 0 Å². The fraction of sp³-hybridized carbons (Fsp3) is 0.818. The number of hydrogen-bond acceptors (Lipinski definition) is 4. The molecule has 170 valence electrons. The number of hydrogen-bond donors (Lipinski definition) is 2. The number of unbranched alkanes of at least 4 members (excludes halogenated alkanes) is 9. The van der Waals surface area contributed by atoms with Gasteiger partial charge < -0.3 is 10.6 Å². The van der Waals surface area contributed by atoms with Gasteiger partial charge >= 0.3 is 12.1 Å². The van der Waals surface area contributed by atoms with E-state index in [-0.39, 0.29) is 23.9 Å². The molecule has 0 aromatic heterocycles. The molecule has 0 aromatic rings. The molecule has 8 heteroatoms. The Kier molecular flexibility index (Phi) is 8.26. The van der Waals surface area contributed by atoms with Gasteiger partial charge in [-0.25, -0.2) is 9.59 Å². The van der Waals surface area contributed by atoms with Crippen LogP contribution in [0.1, 0.15) is 91.9 Å². The second kappa shape index (κ2) is 10.3. The maximum atomic E-state index is 12.1. The van der Waals surface area contributed by atoms with Gasteiger partial charge in [-0.15, -0.1) is 0 Å². The summed E-state index contributed by atoms with van der Waals surface area (Å²) >= 11 is 0. The Morgan fingerprint density at radius 1 is 0.533 bits per heavy atom. The van der Waals surface area contributed by atoms with Crippen LogP contribution in [0.2, 0.25) is 0 Å². The van der Waals surface area contributed by atoms with Crippen molar-refractivity contribution in [1.82, 2.24) is 20.4 Å². The van der Waals surface area contributed by atoms with Gasteiger partial charge in [0.05, 0.1) is 0 Å². The zero-order valence-electron chi connectivity index (χ0n) is 19.0. The van der Waals surface area contributed by atoms with Crippen LogP contribution in [-0.2, 0) is 9.59 Å². The van der Waals surface area contributed by atoms with Crippen LogP contribution in [-0.4, -0.2) is 57.8 Å². The normalized spacial score (nSPS) is 20.1. The summed E-state index contributed by atoms with van der Waals surface area (Å²) in [6, 6.07) is -0.549. The van der Waals surface area contributed by atoms with E-state index in [1.807, 2.05) is 0 Å². The van der Waals surface area contributed by atoms with Crippen molar-refractivity contribution in [2.24, 2.45) is 0 Å². The van der Waals surface area contributed by atoms with E-state index < -0.39 is 11.1 Å². The van der Waals surface area contributed by atoms with Crippen LogP contribution < -0.4 is 10.6 Å². The maximum Gasteiger partial charge on any atom is 0.325 e. The second-order valence-corrected chi connectivity index (χ2v) is 9.56. The quantitative estimate of drug-likeness (QED) is 0.350. The molecule has 2 aliphatic rings. The van der Waals surface area contributed by atoms with Crippen molar-refractivity contribution in [2.75, 3.05) is 13.1 Å². The van der Waals surface area contributed by atoms with Crippen LogP contribution in [0, 0.1) is 0 Å². The van der Waals surface area contributed by atoms with Gasteiger partial charge in [-0.1, -0.05) is 51.4 Å². The minimum absolute atomic E-state index is 0.133. The second-order valence-electron chi connectivity index (χ2n) is 9.56. The zero-order chi connectivity index (χ0) is 22.4. The van der Waals surface area contributed by atoms with Crippen molar-refractivity contribution in [3.8, 4) is 0 Å². The molecule has 0 atom stereocenters. The molecule has 0 aromatic carbocycles. The average molecular weight is 423 g/mol. The van der Waals surface area contributed by atoms with Gasteiger partial charge in [0, 0.05) is 13.1 Å². The first-order valence-electron chi connectivity index (χ1n) is 11.3. The van der Waals surface area contributed by atoms with Gasteiger partial charge in [0.25, 0.3) is 11.8 Å². The Morgan fingerprint density at radius 2 is 0.800 bits per heavy atom. The maximum absolute atomic E-state index is 12.1. The molecule has 2 rings (SSSR count). The van der Waals surface area contributed by atoms with Crippen LogP contribution in [0.3, 0.4) is 0 Å². The summed E-state index contributed by atoms with van der Waals surface area (Å²) in [5, 5.41) is 5.41. The van der Waals surface area contributed by atoms with E-state index in [9.17, 15) is 19.2 Å². The molecule has 0 unspecified atom stereocenters. The molecule has 30 heavy (non-hydrogen) atoms. The van der Waals surface area contributed by atoms with Crippen molar-refractivity contribution in [3.63, 3.8) is 0 Å². The van der Waals surface area contributed by atoms with E-state index in [4.69, 9.17) is 0 Å². The third kappa shape index (κ3) is 6.19. The molecule has 2 N–H and O–H groups in total. The lowest BCUT2D eigenvalue weighted by molar-refractivity contribution is -0.131. The predicted octanol–water partition coefficient (Wildman–Crippen LogP) is 3.55. The number of nitrogens with zero attached hydrogens (tertiary/aromatic N) is 2. The number of amides is 6. The Bertz CT molecular complexity index is 604. The van der Waals surface area contributed by atoms with E-state index in [1.165, 1.54) is 35.5 Å². The van der Waals surface area contributed by atoms with Crippen LogP contribution in [0.15, 0.2) is 0 Å². The number of imide groups is 2. The Labute approximate surface area is 180 Å². The topological polar surface area (TPSA) is 98.8 Å². The van der Waals surface area contributed by atoms with Gasteiger partial charge in [-0.05, 0) is 40.5 Å². The highest BCUT2D eigenvalue weighted by atomic mass is 16.2. The molecule has 2 saturated heterocycles. The van der Waals surface area contributed by atoms with Gasteiger partial charge in [0.1, 0.15) is 11.1 Å². The zero-order valence-corrected chi connectivity index (χ0v) is 19.0. The van der Waals surface area contributed by atoms with Gasteiger partial charge in [-0.2, -0.15) is 0 Å². The van der Waals surface area contributed by atoms with E-state index in [0.717, 1.165) is 38.5 Å². The van der Waals surface area contributed by atoms with Gasteiger partial charge in [0.15, 0.2) is 0 Å². The highest BCUT2D eigenvalue weighted by Crippen LogP contribution is 2.19. The first kappa shape index (κ1) is 24.2. The van der Waals surface area contributed by atoms with Crippen molar-refractivity contribution in [1.29, 1.82) is 0 Å². The van der Waals surface area contributed by atoms with E-state index in [1.54, 1.807) is 27.7 Å². The minimum Gasteiger partial charge on any atom is -0.324 e. The summed E-state index contributed by atoms with van der Waals surface area (Å²) in [6.07, 6.45) is 10.7. The molecular formula is C22H38N4O4. The summed E-state index contributed by atoms with van der Waals surface area (Å²) < 4.78 is 0. The molecule has 2 heterocycles. The fourth-order valence-electron chi connectivity index (χ4n) is 4.00. The van der Waals surface area contributed by atoms with Crippen molar-refractivity contribution < 1.29 is 19.2 Å². The van der Waals surface area contributed by atoms with Crippen molar-refractivity contribution in [3.05, 3.63) is 0 Å². The van der Waals surface area contributed by atoms with Crippen molar-refractivity contribution in [2.45, 2.75) is 103 Å². The molecule has 0 saturated carbocycles. The number of carbonyl (C=O) groups is 4. The van der Waals surface area contributed by atoms with Gasteiger partial charge in [-0.3, -0.25) is 19.4 Å². The van der Waals surface area contributed by atoms with E-state index in [0.29, 0.717) is 13.1 Å². The SMILES string of the molecule is CC1(C)NC(=O)N(CCCCCCCCCCCCN2C(=O)NC(C)(C)C2=O)C1=O. The molecule has 0 aliphatic carbocycles. The van der Waals surface area contributed by atoms with Gasteiger partial charge in [0.2, 0.25) is 0 Å². The number of urea groups is 2. The Morgan fingerprint density at radius 3 is 1.03 bits per heavy atom. The third-order valence-corrected chi connectivity index (χ3v) is 5.90.